The second-order valence-corrected chi connectivity index (χ2v) is 8.51. The van der Waals surface area contributed by atoms with Gasteiger partial charge in [0.05, 0.1) is 23.6 Å². The Morgan fingerprint density at radius 2 is 1.73 bits per heavy atom. The summed E-state index contributed by atoms with van der Waals surface area (Å²) in [6.07, 6.45) is 1.20. The van der Waals surface area contributed by atoms with Crippen LogP contribution in [0.25, 0.3) is 0 Å². The maximum atomic E-state index is 13.3. The molecule has 0 fully saturated rings. The fraction of sp³-hybridized carbons (Fsp3) is 0.360. The largest absolute Gasteiger partial charge is 0.493 e. The third-order valence-electron chi connectivity index (χ3n) is 5.65. The maximum absolute atomic E-state index is 13.3. The lowest BCUT2D eigenvalue weighted by Crippen LogP contribution is -2.54. The SMILES string of the molecule is C[C@@H]1NC(=O)[C@H](Cc2ccccc2)NC(=O)c2cc([N+](=O)[O-])ccc2OCCCCNC(=O)CNC1=O. The fourth-order valence-corrected chi connectivity index (χ4v) is 3.63. The van der Waals surface area contributed by atoms with E-state index < -0.39 is 34.7 Å². The van der Waals surface area contributed by atoms with Gasteiger partial charge in [-0.25, -0.2) is 0 Å². The molecule has 4 amide bonds. The van der Waals surface area contributed by atoms with E-state index in [1.807, 2.05) is 0 Å². The summed E-state index contributed by atoms with van der Waals surface area (Å²) in [6, 6.07) is 10.5. The monoisotopic (exact) mass is 511 g/mol. The summed E-state index contributed by atoms with van der Waals surface area (Å²) >= 11 is 0. The lowest BCUT2D eigenvalue weighted by molar-refractivity contribution is -0.384. The fourth-order valence-electron chi connectivity index (χ4n) is 3.63. The van der Waals surface area contributed by atoms with Crippen molar-refractivity contribution in [3.05, 3.63) is 69.8 Å². The Hall–Kier alpha value is -4.48. The zero-order valence-corrected chi connectivity index (χ0v) is 20.3. The quantitative estimate of drug-likeness (QED) is 0.350. The molecule has 196 valence electrons. The number of ether oxygens (including phenoxy) is 1. The number of hydrogen-bond donors (Lipinski definition) is 4. The summed E-state index contributed by atoms with van der Waals surface area (Å²) < 4.78 is 5.72. The van der Waals surface area contributed by atoms with Crippen molar-refractivity contribution in [2.24, 2.45) is 0 Å². The maximum Gasteiger partial charge on any atom is 0.270 e. The average Bonchev–Trinajstić information content (AvgIpc) is 2.88. The van der Waals surface area contributed by atoms with Crippen LogP contribution in [0.15, 0.2) is 48.5 Å². The Balaban J connectivity index is 1.92. The molecule has 0 aromatic heterocycles. The second kappa shape index (κ2) is 13.0. The minimum Gasteiger partial charge on any atom is -0.493 e. The van der Waals surface area contributed by atoms with Crippen molar-refractivity contribution in [1.82, 2.24) is 21.3 Å². The van der Waals surface area contributed by atoms with Gasteiger partial charge in [0.25, 0.3) is 11.6 Å². The number of carbonyl (C=O) groups is 4. The van der Waals surface area contributed by atoms with E-state index in [9.17, 15) is 29.3 Å². The van der Waals surface area contributed by atoms with Crippen molar-refractivity contribution in [3.63, 3.8) is 0 Å². The number of benzene rings is 2. The molecule has 1 aliphatic rings. The van der Waals surface area contributed by atoms with Crippen LogP contribution in [0.5, 0.6) is 5.75 Å². The third kappa shape index (κ3) is 8.02. The molecule has 0 spiro atoms. The van der Waals surface area contributed by atoms with Crippen LogP contribution in [0, 0.1) is 10.1 Å². The van der Waals surface area contributed by atoms with Crippen LogP contribution in [0.2, 0.25) is 0 Å². The van der Waals surface area contributed by atoms with Crippen LogP contribution in [0.3, 0.4) is 0 Å². The van der Waals surface area contributed by atoms with Gasteiger partial charge < -0.3 is 26.0 Å². The lowest BCUT2D eigenvalue weighted by atomic mass is 10.0. The highest BCUT2D eigenvalue weighted by Gasteiger charge is 2.27. The first-order chi connectivity index (χ1) is 17.7. The molecule has 37 heavy (non-hydrogen) atoms. The molecule has 0 radical (unpaired) electrons. The Kier molecular flexibility index (Phi) is 9.53. The first-order valence-electron chi connectivity index (χ1n) is 11.9. The topological polar surface area (TPSA) is 169 Å². The molecule has 12 nitrogen and oxygen atoms in total. The van der Waals surface area contributed by atoms with Gasteiger partial charge in [0, 0.05) is 25.1 Å². The van der Waals surface area contributed by atoms with Crippen molar-refractivity contribution >= 4 is 29.3 Å². The highest BCUT2D eigenvalue weighted by molar-refractivity contribution is 6.01. The van der Waals surface area contributed by atoms with E-state index in [0.29, 0.717) is 19.4 Å². The Morgan fingerprint density at radius 3 is 2.46 bits per heavy atom. The van der Waals surface area contributed by atoms with Crippen LogP contribution < -0.4 is 26.0 Å². The zero-order chi connectivity index (χ0) is 26.8. The molecule has 0 aliphatic carbocycles. The number of carbonyl (C=O) groups excluding carboxylic acids is 4. The molecule has 2 aromatic carbocycles. The van der Waals surface area contributed by atoms with E-state index in [0.717, 1.165) is 11.6 Å². The van der Waals surface area contributed by atoms with Gasteiger partial charge in [-0.3, -0.25) is 29.3 Å². The molecule has 0 unspecified atom stereocenters. The van der Waals surface area contributed by atoms with Crippen molar-refractivity contribution in [3.8, 4) is 5.75 Å². The van der Waals surface area contributed by atoms with Crippen molar-refractivity contribution in [1.29, 1.82) is 0 Å². The Labute approximate surface area is 213 Å². The normalized spacial score (nSPS) is 20.0. The Bertz CT molecular complexity index is 1160. The number of hydrogen-bond acceptors (Lipinski definition) is 7. The van der Waals surface area contributed by atoms with Crippen molar-refractivity contribution in [2.75, 3.05) is 19.7 Å². The number of non-ortho nitro benzene ring substituents is 1. The second-order valence-electron chi connectivity index (χ2n) is 8.51. The predicted octanol–water partition coefficient (Wildman–Crippen LogP) is 0.846. The number of nitro groups is 1. The van der Waals surface area contributed by atoms with Gasteiger partial charge in [-0.1, -0.05) is 30.3 Å². The molecule has 12 heteroatoms. The molecular weight excluding hydrogens is 482 g/mol. The van der Waals surface area contributed by atoms with Crippen LogP contribution in [-0.4, -0.2) is 60.3 Å². The highest BCUT2D eigenvalue weighted by Crippen LogP contribution is 2.25. The summed E-state index contributed by atoms with van der Waals surface area (Å²) in [4.78, 5) is 61.5. The van der Waals surface area contributed by atoms with Gasteiger partial charge in [0.1, 0.15) is 17.8 Å². The van der Waals surface area contributed by atoms with E-state index in [2.05, 4.69) is 21.3 Å². The van der Waals surface area contributed by atoms with E-state index in [4.69, 9.17) is 4.74 Å². The number of nitro benzene ring substituents is 1. The number of fused-ring (bicyclic) bond motifs is 1. The van der Waals surface area contributed by atoms with Gasteiger partial charge >= 0.3 is 0 Å². The van der Waals surface area contributed by atoms with Crippen LogP contribution in [0.4, 0.5) is 5.69 Å². The lowest BCUT2D eigenvalue weighted by Gasteiger charge is -2.22. The molecule has 3 rings (SSSR count). The van der Waals surface area contributed by atoms with Crippen LogP contribution >= 0.6 is 0 Å². The van der Waals surface area contributed by atoms with Gasteiger partial charge in [0.15, 0.2) is 0 Å². The first kappa shape index (κ1) is 27.1. The number of nitrogens with one attached hydrogen (secondary N) is 4. The molecule has 0 saturated carbocycles. The van der Waals surface area contributed by atoms with E-state index in [-0.39, 0.29) is 42.5 Å². The van der Waals surface area contributed by atoms with Crippen LogP contribution in [-0.2, 0) is 20.8 Å². The number of amides is 4. The summed E-state index contributed by atoms with van der Waals surface area (Å²) in [5.41, 5.74) is 0.339. The van der Waals surface area contributed by atoms with E-state index >= 15 is 0 Å². The molecule has 1 heterocycles. The van der Waals surface area contributed by atoms with Gasteiger partial charge in [0.2, 0.25) is 17.7 Å². The minimum absolute atomic E-state index is 0.0970. The first-order valence-corrected chi connectivity index (χ1v) is 11.9. The molecule has 1 aliphatic heterocycles. The summed E-state index contributed by atoms with van der Waals surface area (Å²) in [7, 11) is 0. The minimum atomic E-state index is -1.11. The third-order valence-corrected chi connectivity index (χ3v) is 5.65. The van der Waals surface area contributed by atoms with Gasteiger partial charge in [-0.15, -0.1) is 0 Å². The zero-order valence-electron chi connectivity index (χ0n) is 20.3. The standard InChI is InChI=1S/C25H29N5O7/c1-16-23(32)27-15-22(31)26-11-5-6-12-37-21-10-9-18(30(35)36)14-19(21)24(33)29-20(25(34)28-16)13-17-7-3-2-4-8-17/h2-4,7-10,14,16,20H,5-6,11-13,15H2,1H3,(H,26,31)(H,27,32)(H,28,34)(H,29,33)/t16-,20-/m0/s1. The highest BCUT2D eigenvalue weighted by atomic mass is 16.6. The smallest absolute Gasteiger partial charge is 0.270 e. The summed E-state index contributed by atoms with van der Waals surface area (Å²) in [5.74, 6) is -2.19. The Morgan fingerprint density at radius 1 is 0.973 bits per heavy atom. The van der Waals surface area contributed by atoms with Crippen molar-refractivity contribution < 1.29 is 28.8 Å². The summed E-state index contributed by atoms with van der Waals surface area (Å²) in [5, 5.41) is 21.7. The van der Waals surface area contributed by atoms with Crippen LogP contribution in [0.1, 0.15) is 35.7 Å². The molecule has 0 bridgehead atoms. The van der Waals surface area contributed by atoms with E-state index in [1.165, 1.54) is 19.1 Å². The molecule has 4 N–H and O–H groups in total. The molecule has 2 atom stereocenters. The van der Waals surface area contributed by atoms with Crippen molar-refractivity contribution in [2.45, 2.75) is 38.3 Å². The molecular formula is C25H29N5O7. The predicted molar refractivity (Wildman–Crippen MR) is 133 cm³/mol. The van der Waals surface area contributed by atoms with Gasteiger partial charge in [-0.05, 0) is 31.4 Å². The molecule has 0 saturated heterocycles. The van der Waals surface area contributed by atoms with E-state index in [1.54, 1.807) is 30.3 Å². The number of nitrogens with zero attached hydrogens (tertiary/aromatic N) is 1. The van der Waals surface area contributed by atoms with Gasteiger partial charge in [-0.2, -0.15) is 0 Å². The molecule has 2 aromatic rings. The summed E-state index contributed by atoms with van der Waals surface area (Å²) in [6.45, 7) is 1.75. The average molecular weight is 512 g/mol. The number of rotatable bonds is 3.